The van der Waals surface area contributed by atoms with Gasteiger partial charge in [-0.05, 0) is 18.6 Å². The molecule has 4 nitrogen and oxygen atoms in total. The van der Waals surface area contributed by atoms with Crippen LogP contribution in [0.4, 0.5) is 0 Å². The van der Waals surface area contributed by atoms with Crippen LogP contribution in [0.25, 0.3) is 0 Å². The van der Waals surface area contributed by atoms with Crippen LogP contribution in [0.3, 0.4) is 0 Å². The number of aryl methyl sites for hydroxylation is 1. The van der Waals surface area contributed by atoms with Gasteiger partial charge < -0.3 is 14.8 Å². The minimum absolute atomic E-state index is 0.355. The third kappa shape index (κ3) is 2.10. The van der Waals surface area contributed by atoms with Gasteiger partial charge in [-0.1, -0.05) is 6.07 Å². The van der Waals surface area contributed by atoms with E-state index in [4.69, 9.17) is 9.47 Å². The molecule has 3 rings (SSSR count). The lowest BCUT2D eigenvalue weighted by molar-refractivity contribution is 0.171. The average molecular weight is 234 g/mol. The fourth-order valence-electron chi connectivity index (χ4n) is 2.42. The first-order chi connectivity index (χ1) is 8.34. The zero-order valence-electron chi connectivity index (χ0n) is 10.2. The molecule has 2 aliphatic rings. The smallest absolute Gasteiger partial charge is 0.231 e. The van der Waals surface area contributed by atoms with Gasteiger partial charge in [0.25, 0.3) is 0 Å². The lowest BCUT2D eigenvalue weighted by Crippen LogP contribution is -2.43. The Bertz CT molecular complexity index is 414. The van der Waals surface area contributed by atoms with Crippen molar-refractivity contribution >= 4 is 0 Å². The summed E-state index contributed by atoms with van der Waals surface area (Å²) >= 11 is 0. The molecule has 17 heavy (non-hydrogen) atoms. The number of rotatable bonds is 2. The summed E-state index contributed by atoms with van der Waals surface area (Å²) in [5.41, 5.74) is 2.56. The van der Waals surface area contributed by atoms with E-state index in [9.17, 15) is 0 Å². The summed E-state index contributed by atoms with van der Waals surface area (Å²) < 4.78 is 11.0. The Kier molecular flexibility index (Phi) is 2.91. The van der Waals surface area contributed by atoms with Crippen molar-refractivity contribution in [1.82, 2.24) is 10.2 Å². The van der Waals surface area contributed by atoms with Crippen LogP contribution >= 0.6 is 0 Å². The summed E-state index contributed by atoms with van der Waals surface area (Å²) in [4.78, 5) is 2.46. The van der Waals surface area contributed by atoms with E-state index in [-0.39, 0.29) is 0 Å². The van der Waals surface area contributed by atoms with Gasteiger partial charge in [0.2, 0.25) is 6.79 Å². The number of fused-ring (bicyclic) bond motifs is 1. The summed E-state index contributed by atoms with van der Waals surface area (Å²) in [7, 11) is 0. The van der Waals surface area contributed by atoms with Crippen LogP contribution < -0.4 is 14.8 Å². The molecule has 0 unspecified atom stereocenters. The molecule has 1 N–H and O–H groups in total. The normalized spacial score (nSPS) is 19.6. The minimum atomic E-state index is 0.355. The van der Waals surface area contributed by atoms with Crippen molar-refractivity contribution in [3.63, 3.8) is 0 Å². The van der Waals surface area contributed by atoms with E-state index in [0.29, 0.717) is 6.79 Å². The first-order valence-electron chi connectivity index (χ1n) is 6.16. The SMILES string of the molecule is Cc1ccc2c(c1CN1CCNCC1)OCO2. The molecular formula is C13H18N2O2. The molecule has 0 atom stereocenters. The highest BCUT2D eigenvalue weighted by Gasteiger charge is 2.21. The van der Waals surface area contributed by atoms with Crippen molar-refractivity contribution in [1.29, 1.82) is 0 Å². The highest BCUT2D eigenvalue weighted by Crippen LogP contribution is 2.37. The molecule has 2 aliphatic heterocycles. The summed E-state index contributed by atoms with van der Waals surface area (Å²) in [6, 6.07) is 4.12. The maximum Gasteiger partial charge on any atom is 0.231 e. The van der Waals surface area contributed by atoms with Crippen LogP contribution in [0.15, 0.2) is 12.1 Å². The molecule has 1 aromatic carbocycles. The summed E-state index contributed by atoms with van der Waals surface area (Å²) in [6.45, 7) is 7.80. The van der Waals surface area contributed by atoms with Crippen molar-refractivity contribution < 1.29 is 9.47 Å². The third-order valence-electron chi connectivity index (χ3n) is 3.47. The predicted molar refractivity (Wildman–Crippen MR) is 65.4 cm³/mol. The zero-order chi connectivity index (χ0) is 11.7. The summed E-state index contributed by atoms with van der Waals surface area (Å²) in [5, 5.41) is 3.37. The molecule has 4 heteroatoms. The average Bonchev–Trinajstić information content (AvgIpc) is 2.83. The standard InChI is InChI=1S/C13H18N2O2/c1-10-2-3-12-13(17-9-16-12)11(10)8-15-6-4-14-5-7-15/h2-3,14H,4-9H2,1H3. The van der Waals surface area contributed by atoms with Crippen molar-refractivity contribution in [3.8, 4) is 11.5 Å². The number of hydrogen-bond acceptors (Lipinski definition) is 4. The number of nitrogens with zero attached hydrogens (tertiary/aromatic N) is 1. The van der Waals surface area contributed by atoms with Gasteiger partial charge in [-0.15, -0.1) is 0 Å². The maximum absolute atomic E-state index is 5.59. The fraction of sp³-hybridized carbons (Fsp3) is 0.538. The second-order valence-electron chi connectivity index (χ2n) is 4.62. The van der Waals surface area contributed by atoms with Gasteiger partial charge in [0.1, 0.15) is 0 Å². The number of piperazine rings is 1. The molecule has 0 radical (unpaired) electrons. The highest BCUT2D eigenvalue weighted by atomic mass is 16.7. The Hall–Kier alpha value is -1.26. The molecule has 1 saturated heterocycles. The first kappa shape index (κ1) is 10.9. The van der Waals surface area contributed by atoms with Crippen LogP contribution in [-0.4, -0.2) is 37.9 Å². The second kappa shape index (κ2) is 4.55. The Morgan fingerprint density at radius 1 is 1.24 bits per heavy atom. The maximum atomic E-state index is 5.59. The second-order valence-corrected chi connectivity index (χ2v) is 4.62. The van der Waals surface area contributed by atoms with E-state index in [1.807, 2.05) is 6.07 Å². The summed E-state index contributed by atoms with van der Waals surface area (Å²) in [6.07, 6.45) is 0. The molecule has 0 aromatic heterocycles. The summed E-state index contributed by atoms with van der Waals surface area (Å²) in [5.74, 6) is 1.84. The van der Waals surface area contributed by atoms with Crippen molar-refractivity contribution in [3.05, 3.63) is 23.3 Å². The highest BCUT2D eigenvalue weighted by molar-refractivity contribution is 5.51. The molecule has 0 spiro atoms. The van der Waals surface area contributed by atoms with E-state index in [1.165, 1.54) is 11.1 Å². The number of nitrogens with one attached hydrogen (secondary N) is 1. The number of hydrogen-bond donors (Lipinski definition) is 1. The largest absolute Gasteiger partial charge is 0.454 e. The quantitative estimate of drug-likeness (QED) is 0.831. The first-order valence-corrected chi connectivity index (χ1v) is 6.16. The number of benzene rings is 1. The van der Waals surface area contributed by atoms with Gasteiger partial charge in [-0.25, -0.2) is 0 Å². The Labute approximate surface area is 102 Å². The Morgan fingerprint density at radius 3 is 2.88 bits per heavy atom. The zero-order valence-corrected chi connectivity index (χ0v) is 10.2. The van der Waals surface area contributed by atoms with E-state index in [2.05, 4.69) is 23.2 Å². The molecule has 0 aliphatic carbocycles. The van der Waals surface area contributed by atoms with Crippen LogP contribution in [0.5, 0.6) is 11.5 Å². The molecule has 0 bridgehead atoms. The molecule has 1 aromatic rings. The van der Waals surface area contributed by atoms with Gasteiger partial charge in [-0.2, -0.15) is 0 Å². The molecule has 2 heterocycles. The lowest BCUT2D eigenvalue weighted by Gasteiger charge is -2.28. The van der Waals surface area contributed by atoms with Crippen molar-refractivity contribution in [2.45, 2.75) is 13.5 Å². The Balaban J connectivity index is 1.84. The van der Waals surface area contributed by atoms with E-state index in [1.54, 1.807) is 0 Å². The molecule has 0 amide bonds. The van der Waals surface area contributed by atoms with Gasteiger partial charge in [0.15, 0.2) is 11.5 Å². The Morgan fingerprint density at radius 2 is 2.06 bits per heavy atom. The van der Waals surface area contributed by atoms with Crippen LogP contribution in [0.2, 0.25) is 0 Å². The van der Waals surface area contributed by atoms with Gasteiger partial charge in [0, 0.05) is 38.3 Å². The number of ether oxygens (including phenoxy) is 2. The lowest BCUT2D eigenvalue weighted by atomic mass is 10.1. The third-order valence-corrected chi connectivity index (χ3v) is 3.47. The van der Waals surface area contributed by atoms with Gasteiger partial charge >= 0.3 is 0 Å². The topological polar surface area (TPSA) is 33.7 Å². The monoisotopic (exact) mass is 234 g/mol. The van der Waals surface area contributed by atoms with E-state index >= 15 is 0 Å². The molecule has 0 saturated carbocycles. The molecule has 92 valence electrons. The van der Waals surface area contributed by atoms with Gasteiger partial charge in [0.05, 0.1) is 0 Å². The predicted octanol–water partition coefficient (Wildman–Crippen LogP) is 1.13. The fourth-order valence-corrected chi connectivity index (χ4v) is 2.42. The van der Waals surface area contributed by atoms with Crippen molar-refractivity contribution in [2.24, 2.45) is 0 Å². The van der Waals surface area contributed by atoms with Crippen LogP contribution in [-0.2, 0) is 6.54 Å². The van der Waals surface area contributed by atoms with E-state index in [0.717, 1.165) is 44.2 Å². The van der Waals surface area contributed by atoms with E-state index < -0.39 is 0 Å². The van der Waals surface area contributed by atoms with Gasteiger partial charge in [-0.3, -0.25) is 4.90 Å². The molecule has 1 fully saturated rings. The minimum Gasteiger partial charge on any atom is -0.454 e. The van der Waals surface area contributed by atoms with Crippen molar-refractivity contribution in [2.75, 3.05) is 33.0 Å². The van der Waals surface area contributed by atoms with Crippen LogP contribution in [0, 0.1) is 6.92 Å². The van der Waals surface area contributed by atoms with Crippen LogP contribution in [0.1, 0.15) is 11.1 Å². The molecular weight excluding hydrogens is 216 g/mol.